The van der Waals surface area contributed by atoms with E-state index in [0.717, 1.165) is 0 Å². The fourth-order valence-corrected chi connectivity index (χ4v) is 1.09. The molecule has 0 aliphatic carbocycles. The van der Waals surface area contributed by atoms with E-state index in [1.807, 2.05) is 5.32 Å². The number of imide groups is 1. The summed E-state index contributed by atoms with van der Waals surface area (Å²) in [5.41, 5.74) is 4.93. The van der Waals surface area contributed by atoms with E-state index in [2.05, 4.69) is 10.6 Å². The molecular formula is C9H16N4O4. The van der Waals surface area contributed by atoms with Gasteiger partial charge in [0.05, 0.1) is 13.0 Å². The molecule has 0 aromatic rings. The van der Waals surface area contributed by atoms with Gasteiger partial charge in [-0.2, -0.15) is 0 Å². The van der Waals surface area contributed by atoms with Gasteiger partial charge in [0.1, 0.15) is 6.04 Å². The second-order valence-corrected chi connectivity index (χ2v) is 3.37. The zero-order valence-corrected chi connectivity index (χ0v) is 9.70. The van der Waals surface area contributed by atoms with Crippen molar-refractivity contribution in [3.05, 3.63) is 0 Å². The molecule has 0 aliphatic heterocycles. The monoisotopic (exact) mass is 244 g/mol. The lowest BCUT2D eigenvalue weighted by atomic mass is 10.2. The van der Waals surface area contributed by atoms with Crippen molar-refractivity contribution in [1.29, 1.82) is 0 Å². The van der Waals surface area contributed by atoms with Gasteiger partial charge in [0.25, 0.3) is 0 Å². The van der Waals surface area contributed by atoms with Gasteiger partial charge < -0.3 is 16.4 Å². The van der Waals surface area contributed by atoms with Crippen LogP contribution in [0.4, 0.5) is 0 Å². The highest BCUT2D eigenvalue weighted by Crippen LogP contribution is 1.92. The van der Waals surface area contributed by atoms with E-state index in [1.54, 1.807) is 7.05 Å². The predicted molar refractivity (Wildman–Crippen MR) is 58.5 cm³/mol. The average Bonchev–Trinajstić information content (AvgIpc) is 2.15. The molecule has 0 bridgehead atoms. The molecule has 17 heavy (non-hydrogen) atoms. The van der Waals surface area contributed by atoms with Crippen LogP contribution in [0.15, 0.2) is 0 Å². The highest BCUT2D eigenvalue weighted by Gasteiger charge is 2.22. The Balaban J connectivity index is 4.46. The number of hydrogen-bond acceptors (Lipinski definition) is 5. The van der Waals surface area contributed by atoms with Crippen molar-refractivity contribution in [2.24, 2.45) is 5.73 Å². The summed E-state index contributed by atoms with van der Waals surface area (Å²) in [7, 11) is 1.54. The Hall–Kier alpha value is -1.96. The molecule has 0 saturated heterocycles. The van der Waals surface area contributed by atoms with E-state index in [4.69, 9.17) is 5.73 Å². The Morgan fingerprint density at radius 2 is 1.82 bits per heavy atom. The van der Waals surface area contributed by atoms with E-state index < -0.39 is 29.7 Å². The first-order chi connectivity index (χ1) is 7.86. The molecule has 0 heterocycles. The standard InChI is InChI=1S/C9H16N4O4/c1-5(14)12-6(3-7(10)15)9(17)13-8(16)4-11-2/h6,11H,3-4H2,1-2H3,(H2,10,15)(H,12,14)(H,13,16,17)/t6-/m0/s1. The fraction of sp³-hybridized carbons (Fsp3) is 0.556. The maximum Gasteiger partial charge on any atom is 0.249 e. The van der Waals surface area contributed by atoms with E-state index in [1.165, 1.54) is 6.92 Å². The second-order valence-electron chi connectivity index (χ2n) is 3.37. The molecule has 8 heteroatoms. The van der Waals surface area contributed by atoms with Crippen LogP contribution >= 0.6 is 0 Å². The van der Waals surface area contributed by atoms with Crippen LogP contribution in [-0.2, 0) is 19.2 Å². The summed E-state index contributed by atoms with van der Waals surface area (Å²) >= 11 is 0. The number of primary amides is 1. The third kappa shape index (κ3) is 7.01. The molecule has 0 aromatic carbocycles. The summed E-state index contributed by atoms with van der Waals surface area (Å²) in [4.78, 5) is 44.1. The highest BCUT2D eigenvalue weighted by molar-refractivity contribution is 6.01. The van der Waals surface area contributed by atoms with E-state index in [0.29, 0.717) is 0 Å². The molecule has 1 atom stereocenters. The Kier molecular flexibility index (Phi) is 6.49. The van der Waals surface area contributed by atoms with Crippen molar-refractivity contribution < 1.29 is 19.2 Å². The van der Waals surface area contributed by atoms with Gasteiger partial charge in [-0.05, 0) is 7.05 Å². The summed E-state index contributed by atoms with van der Waals surface area (Å²) in [5, 5.41) is 6.81. The summed E-state index contributed by atoms with van der Waals surface area (Å²) in [6.45, 7) is 1.14. The van der Waals surface area contributed by atoms with Crippen molar-refractivity contribution >= 4 is 23.6 Å². The average molecular weight is 244 g/mol. The topological polar surface area (TPSA) is 130 Å². The largest absolute Gasteiger partial charge is 0.370 e. The van der Waals surface area contributed by atoms with Crippen LogP contribution in [0.1, 0.15) is 13.3 Å². The van der Waals surface area contributed by atoms with Crippen LogP contribution in [0, 0.1) is 0 Å². The number of nitrogens with one attached hydrogen (secondary N) is 3. The first-order valence-corrected chi connectivity index (χ1v) is 4.90. The van der Waals surface area contributed by atoms with Gasteiger partial charge in [-0.1, -0.05) is 0 Å². The smallest absolute Gasteiger partial charge is 0.249 e. The Labute approximate surface area is 98.3 Å². The minimum atomic E-state index is -1.13. The van der Waals surface area contributed by atoms with Crippen molar-refractivity contribution in [2.45, 2.75) is 19.4 Å². The molecule has 4 amide bonds. The maximum atomic E-state index is 11.5. The van der Waals surface area contributed by atoms with Gasteiger partial charge in [0.15, 0.2) is 0 Å². The number of carbonyl (C=O) groups excluding carboxylic acids is 4. The minimum Gasteiger partial charge on any atom is -0.370 e. The van der Waals surface area contributed by atoms with Crippen LogP contribution in [0.2, 0.25) is 0 Å². The predicted octanol–water partition coefficient (Wildman–Crippen LogP) is -2.77. The SMILES string of the molecule is CNCC(=O)NC(=O)[C@H](CC(N)=O)NC(C)=O. The Morgan fingerprint density at radius 1 is 1.24 bits per heavy atom. The lowest BCUT2D eigenvalue weighted by Gasteiger charge is -2.15. The summed E-state index contributed by atoms with van der Waals surface area (Å²) in [6, 6.07) is -1.13. The van der Waals surface area contributed by atoms with E-state index in [-0.39, 0.29) is 13.0 Å². The maximum absolute atomic E-state index is 11.5. The normalized spacial score (nSPS) is 11.4. The molecule has 0 aliphatic rings. The van der Waals surface area contributed by atoms with Crippen LogP contribution in [0.5, 0.6) is 0 Å². The molecule has 0 fully saturated rings. The van der Waals surface area contributed by atoms with Crippen molar-refractivity contribution in [1.82, 2.24) is 16.0 Å². The van der Waals surface area contributed by atoms with Crippen molar-refractivity contribution in [3.63, 3.8) is 0 Å². The lowest BCUT2D eigenvalue weighted by molar-refractivity contribution is -0.135. The van der Waals surface area contributed by atoms with E-state index in [9.17, 15) is 19.2 Å². The third-order valence-electron chi connectivity index (χ3n) is 1.70. The second kappa shape index (κ2) is 7.34. The van der Waals surface area contributed by atoms with Crippen molar-refractivity contribution in [2.75, 3.05) is 13.6 Å². The summed E-state index contributed by atoms with van der Waals surface area (Å²) in [6.07, 6.45) is -0.363. The third-order valence-corrected chi connectivity index (χ3v) is 1.70. The number of hydrogen-bond donors (Lipinski definition) is 4. The zero-order chi connectivity index (χ0) is 13.4. The first-order valence-electron chi connectivity index (χ1n) is 4.90. The van der Waals surface area contributed by atoms with Crippen LogP contribution in [-0.4, -0.2) is 43.3 Å². The molecule has 0 rings (SSSR count). The van der Waals surface area contributed by atoms with Crippen LogP contribution in [0.3, 0.4) is 0 Å². The number of likely N-dealkylation sites (N-methyl/N-ethyl adjacent to an activating group) is 1. The van der Waals surface area contributed by atoms with E-state index >= 15 is 0 Å². The van der Waals surface area contributed by atoms with Crippen LogP contribution in [0.25, 0.3) is 0 Å². The van der Waals surface area contributed by atoms with Gasteiger partial charge in [0.2, 0.25) is 23.6 Å². The molecular weight excluding hydrogens is 228 g/mol. The number of nitrogens with two attached hydrogens (primary N) is 1. The fourth-order valence-electron chi connectivity index (χ4n) is 1.09. The molecule has 96 valence electrons. The summed E-state index contributed by atoms with van der Waals surface area (Å²) < 4.78 is 0. The van der Waals surface area contributed by atoms with Crippen LogP contribution < -0.4 is 21.7 Å². The molecule has 8 nitrogen and oxygen atoms in total. The first kappa shape index (κ1) is 15.0. The van der Waals surface area contributed by atoms with Crippen molar-refractivity contribution in [3.8, 4) is 0 Å². The quantitative estimate of drug-likeness (QED) is 0.402. The number of amides is 4. The number of rotatable bonds is 6. The molecule has 0 saturated carbocycles. The number of carbonyl (C=O) groups is 4. The lowest BCUT2D eigenvalue weighted by Crippen LogP contribution is -2.50. The molecule has 0 spiro atoms. The van der Waals surface area contributed by atoms with Gasteiger partial charge in [0, 0.05) is 6.92 Å². The van der Waals surface area contributed by atoms with Gasteiger partial charge >= 0.3 is 0 Å². The Morgan fingerprint density at radius 3 is 2.24 bits per heavy atom. The minimum absolute atomic E-state index is 0.0465. The highest BCUT2D eigenvalue weighted by atomic mass is 16.2. The Bertz CT molecular complexity index is 313. The molecule has 0 aromatic heterocycles. The van der Waals surface area contributed by atoms with Gasteiger partial charge in [-0.25, -0.2) is 0 Å². The molecule has 0 radical (unpaired) electrons. The van der Waals surface area contributed by atoms with Gasteiger partial charge in [-0.15, -0.1) is 0 Å². The zero-order valence-electron chi connectivity index (χ0n) is 9.70. The van der Waals surface area contributed by atoms with Gasteiger partial charge in [-0.3, -0.25) is 24.5 Å². The molecule has 5 N–H and O–H groups in total. The summed E-state index contributed by atoms with van der Waals surface area (Å²) in [5.74, 6) is -2.57. The molecule has 0 unspecified atom stereocenters.